The molecule has 2 unspecified atom stereocenters. The maximum absolute atomic E-state index is 13.0. The van der Waals surface area contributed by atoms with Gasteiger partial charge in [0.1, 0.15) is 24.7 Å². The van der Waals surface area contributed by atoms with Gasteiger partial charge in [0.2, 0.25) is 17.7 Å². The molecule has 1 aliphatic heterocycles. The lowest BCUT2D eigenvalue weighted by molar-refractivity contribution is -0.149. The number of esters is 1. The van der Waals surface area contributed by atoms with Crippen LogP contribution in [0.4, 0.5) is 0 Å². The fraction of sp³-hybridized carbons (Fsp3) is 0.467. The Hall–Kier alpha value is -3.68. The molecule has 3 amide bonds. The van der Waals surface area contributed by atoms with E-state index < -0.39 is 41.9 Å². The zero-order chi connectivity index (χ0) is 28.6. The highest BCUT2D eigenvalue weighted by Gasteiger charge is 2.34. The van der Waals surface area contributed by atoms with E-state index >= 15 is 0 Å². The SMILES string of the molecule is C=C1CC(=O)N[C@@H](C)C(=O)N(C)C(C(C)C)C(=O)NCC(=O)OC(/C(C)=C/C(C)=C/c2ccccc2)[C@@H]1C. The molecule has 1 fully saturated rings. The third-order valence-electron chi connectivity index (χ3n) is 6.66. The molecule has 0 spiro atoms. The number of nitrogens with one attached hydrogen (secondary N) is 2. The number of rotatable bonds is 4. The van der Waals surface area contributed by atoms with Crippen molar-refractivity contribution in [3.8, 4) is 0 Å². The van der Waals surface area contributed by atoms with Gasteiger partial charge in [0.25, 0.3) is 0 Å². The van der Waals surface area contributed by atoms with Gasteiger partial charge in [0.15, 0.2) is 0 Å². The van der Waals surface area contributed by atoms with Gasteiger partial charge in [-0.1, -0.05) is 81.0 Å². The molecule has 2 N–H and O–H groups in total. The summed E-state index contributed by atoms with van der Waals surface area (Å²) in [4.78, 5) is 52.9. The minimum atomic E-state index is -0.837. The molecule has 38 heavy (non-hydrogen) atoms. The van der Waals surface area contributed by atoms with E-state index in [0.717, 1.165) is 16.7 Å². The molecule has 8 nitrogen and oxygen atoms in total. The second kappa shape index (κ2) is 13.7. The van der Waals surface area contributed by atoms with Gasteiger partial charge in [0.05, 0.1) is 0 Å². The second-order valence-electron chi connectivity index (χ2n) is 10.4. The van der Waals surface area contributed by atoms with Gasteiger partial charge in [-0.15, -0.1) is 0 Å². The summed E-state index contributed by atoms with van der Waals surface area (Å²) in [6, 6.07) is 8.20. The number of benzene rings is 1. The predicted octanol–water partition coefficient (Wildman–Crippen LogP) is 3.65. The first kappa shape index (κ1) is 30.5. The van der Waals surface area contributed by atoms with Crippen LogP contribution in [0.25, 0.3) is 6.08 Å². The fourth-order valence-electron chi connectivity index (χ4n) is 4.64. The van der Waals surface area contributed by atoms with Crippen LogP contribution in [-0.2, 0) is 23.9 Å². The van der Waals surface area contributed by atoms with Crippen LogP contribution in [0.1, 0.15) is 53.5 Å². The number of carbonyl (C=O) groups is 4. The van der Waals surface area contributed by atoms with Crippen molar-refractivity contribution in [1.29, 1.82) is 0 Å². The van der Waals surface area contributed by atoms with Gasteiger partial charge in [-0.05, 0) is 37.8 Å². The number of allylic oxidation sites excluding steroid dienone is 2. The highest BCUT2D eigenvalue weighted by atomic mass is 16.5. The van der Waals surface area contributed by atoms with E-state index in [1.165, 1.54) is 11.9 Å². The smallest absolute Gasteiger partial charge is 0.326 e. The molecule has 2 rings (SSSR count). The third-order valence-corrected chi connectivity index (χ3v) is 6.66. The standard InChI is InChI=1S/C30H41N3O5/c1-18(2)27-29(36)31-17-26(35)38-28(21(5)14-19(3)15-24-12-10-9-11-13-24)22(6)20(4)16-25(34)32-23(7)30(37)33(27)8/h9-15,18,22-23,27-28H,4,16-17H2,1-3,5-8H3,(H,31,36)(H,32,34)/b19-15+,21-14+/t22-,23+,27?,28?/m1/s1. The van der Waals surface area contributed by atoms with Crippen LogP contribution in [0, 0.1) is 11.8 Å². The molecule has 1 saturated heterocycles. The zero-order valence-electron chi connectivity index (χ0n) is 23.5. The van der Waals surface area contributed by atoms with Crippen molar-refractivity contribution in [3.05, 3.63) is 65.3 Å². The van der Waals surface area contributed by atoms with E-state index in [1.54, 1.807) is 6.92 Å². The number of hydrogen-bond acceptors (Lipinski definition) is 5. The number of nitrogens with zero attached hydrogens (tertiary/aromatic N) is 1. The van der Waals surface area contributed by atoms with Crippen molar-refractivity contribution in [1.82, 2.24) is 15.5 Å². The number of carbonyl (C=O) groups excluding carboxylic acids is 4. The summed E-state index contributed by atoms with van der Waals surface area (Å²) in [5, 5.41) is 5.33. The lowest BCUT2D eigenvalue weighted by Gasteiger charge is -2.32. The quantitative estimate of drug-likeness (QED) is 0.356. The van der Waals surface area contributed by atoms with E-state index in [0.29, 0.717) is 5.57 Å². The predicted molar refractivity (Wildman–Crippen MR) is 149 cm³/mol. The summed E-state index contributed by atoms with van der Waals surface area (Å²) >= 11 is 0. The van der Waals surface area contributed by atoms with Crippen molar-refractivity contribution < 1.29 is 23.9 Å². The van der Waals surface area contributed by atoms with Crippen molar-refractivity contribution in [2.24, 2.45) is 11.8 Å². The van der Waals surface area contributed by atoms with E-state index in [1.807, 2.05) is 77.1 Å². The normalized spacial score (nSPS) is 25.4. The summed E-state index contributed by atoms with van der Waals surface area (Å²) < 4.78 is 5.85. The third kappa shape index (κ3) is 8.43. The Morgan fingerprint density at radius 2 is 1.74 bits per heavy atom. The molecule has 1 aromatic rings. The van der Waals surface area contributed by atoms with Crippen LogP contribution < -0.4 is 10.6 Å². The monoisotopic (exact) mass is 523 g/mol. The second-order valence-corrected chi connectivity index (χ2v) is 10.4. The molecule has 206 valence electrons. The summed E-state index contributed by atoms with van der Waals surface area (Å²) in [6.45, 7) is 14.6. The maximum atomic E-state index is 13.0. The first-order valence-electron chi connectivity index (χ1n) is 12.9. The molecule has 0 radical (unpaired) electrons. The molecule has 0 aromatic heterocycles. The number of amides is 3. The average Bonchev–Trinajstić information content (AvgIpc) is 2.84. The topological polar surface area (TPSA) is 105 Å². The number of cyclic esters (lactones) is 1. The van der Waals surface area contributed by atoms with Crippen LogP contribution in [0.5, 0.6) is 0 Å². The maximum Gasteiger partial charge on any atom is 0.326 e. The Morgan fingerprint density at radius 3 is 2.34 bits per heavy atom. The molecule has 8 heteroatoms. The Kier molecular flexibility index (Phi) is 11.0. The largest absolute Gasteiger partial charge is 0.456 e. The zero-order valence-corrected chi connectivity index (χ0v) is 23.5. The van der Waals surface area contributed by atoms with E-state index in [-0.39, 0.29) is 24.8 Å². The molecule has 1 aromatic carbocycles. The van der Waals surface area contributed by atoms with Gasteiger partial charge in [-0.25, -0.2) is 0 Å². The average molecular weight is 524 g/mol. The summed E-state index contributed by atoms with van der Waals surface area (Å²) in [5.74, 6) is -2.49. The van der Waals surface area contributed by atoms with Crippen molar-refractivity contribution in [2.45, 2.75) is 66.2 Å². The summed E-state index contributed by atoms with van der Waals surface area (Å²) in [6.07, 6.45) is 3.22. The lowest BCUT2D eigenvalue weighted by Crippen LogP contribution is -2.55. The summed E-state index contributed by atoms with van der Waals surface area (Å²) in [5.41, 5.74) is 3.33. The molecule has 1 heterocycles. The van der Waals surface area contributed by atoms with Gasteiger partial charge < -0.3 is 20.3 Å². The van der Waals surface area contributed by atoms with Crippen LogP contribution in [0.2, 0.25) is 0 Å². The summed E-state index contributed by atoms with van der Waals surface area (Å²) in [7, 11) is 1.52. The lowest BCUT2D eigenvalue weighted by atomic mass is 9.88. The molecule has 1 aliphatic rings. The van der Waals surface area contributed by atoms with Crippen LogP contribution >= 0.6 is 0 Å². The fourth-order valence-corrected chi connectivity index (χ4v) is 4.64. The Balaban J connectivity index is 2.40. The van der Waals surface area contributed by atoms with Gasteiger partial charge in [-0.2, -0.15) is 0 Å². The van der Waals surface area contributed by atoms with Crippen molar-refractivity contribution in [3.63, 3.8) is 0 Å². The van der Waals surface area contributed by atoms with E-state index in [9.17, 15) is 19.2 Å². The Morgan fingerprint density at radius 1 is 1.11 bits per heavy atom. The minimum Gasteiger partial charge on any atom is -0.456 e. The van der Waals surface area contributed by atoms with Crippen molar-refractivity contribution in [2.75, 3.05) is 13.6 Å². The molecule has 0 saturated carbocycles. The van der Waals surface area contributed by atoms with Crippen LogP contribution in [0.3, 0.4) is 0 Å². The van der Waals surface area contributed by atoms with Crippen molar-refractivity contribution >= 4 is 29.8 Å². The first-order chi connectivity index (χ1) is 17.8. The minimum absolute atomic E-state index is 0.0343. The molecular weight excluding hydrogens is 482 g/mol. The van der Waals surface area contributed by atoms with E-state index in [4.69, 9.17) is 4.74 Å². The highest BCUT2D eigenvalue weighted by Crippen LogP contribution is 2.26. The molecular formula is C30H41N3O5. The number of hydrogen-bond donors (Lipinski definition) is 2. The number of ether oxygens (including phenoxy) is 1. The Bertz CT molecular complexity index is 1110. The molecule has 4 atom stereocenters. The van der Waals surface area contributed by atoms with Crippen LogP contribution in [0.15, 0.2) is 59.7 Å². The Labute approximate surface area is 226 Å². The van der Waals surface area contributed by atoms with Crippen LogP contribution in [-0.4, -0.2) is 60.4 Å². The van der Waals surface area contributed by atoms with Gasteiger partial charge >= 0.3 is 5.97 Å². The first-order valence-corrected chi connectivity index (χ1v) is 12.9. The molecule has 0 aliphatic carbocycles. The molecule has 0 bridgehead atoms. The highest BCUT2D eigenvalue weighted by molar-refractivity contribution is 5.93. The van der Waals surface area contributed by atoms with Gasteiger partial charge in [0, 0.05) is 19.4 Å². The van der Waals surface area contributed by atoms with E-state index in [2.05, 4.69) is 17.2 Å². The van der Waals surface area contributed by atoms with Gasteiger partial charge in [-0.3, -0.25) is 19.2 Å². The number of likely N-dealkylation sites (N-methyl/N-ethyl adjacent to an activating group) is 1.